The lowest BCUT2D eigenvalue weighted by Gasteiger charge is -2.00. The van der Waals surface area contributed by atoms with E-state index in [9.17, 15) is 8.42 Å². The minimum Gasteiger partial charge on any atom is -0.372 e. The van der Waals surface area contributed by atoms with Crippen LogP contribution in [0.25, 0.3) is 0 Å². The van der Waals surface area contributed by atoms with E-state index in [4.69, 9.17) is 4.55 Å². The van der Waals surface area contributed by atoms with Crippen LogP contribution in [0, 0.1) is 0 Å². The van der Waals surface area contributed by atoms with Gasteiger partial charge in [-0.3, -0.25) is 4.55 Å². The lowest BCUT2D eigenvalue weighted by molar-refractivity contribution is 0.388. The number of rotatable bonds is 2. The lowest BCUT2D eigenvalue weighted by atomic mass is 10.4. The van der Waals surface area contributed by atoms with Crippen LogP contribution in [0.2, 0.25) is 0 Å². The molecule has 5 heteroatoms. The van der Waals surface area contributed by atoms with E-state index < -0.39 is 15.4 Å². The van der Waals surface area contributed by atoms with Gasteiger partial charge in [0.2, 0.25) is 0 Å². The summed E-state index contributed by atoms with van der Waals surface area (Å²) in [7, 11) is -3.86. The van der Waals surface area contributed by atoms with E-state index in [0.717, 1.165) is 0 Å². The fourth-order valence-corrected chi connectivity index (χ4v) is 1.06. The molecule has 1 N–H and O–H groups in total. The van der Waals surface area contributed by atoms with Crippen molar-refractivity contribution >= 4 is 10.1 Å². The first-order valence-corrected chi connectivity index (χ1v) is 4.10. The van der Waals surface area contributed by atoms with Crippen LogP contribution in [0.15, 0.2) is 0 Å². The highest BCUT2D eigenvalue weighted by molar-refractivity contribution is 7.86. The van der Waals surface area contributed by atoms with Gasteiger partial charge in [-0.25, -0.2) is 0 Å². The third-order valence-corrected chi connectivity index (χ3v) is 2.60. The van der Waals surface area contributed by atoms with Crippen molar-refractivity contribution in [2.45, 2.75) is 18.3 Å². The van der Waals surface area contributed by atoms with E-state index in [1.807, 2.05) is 0 Å². The fourth-order valence-electron chi connectivity index (χ4n) is 0.518. The molecule has 1 aliphatic heterocycles. The van der Waals surface area contributed by atoms with Crippen molar-refractivity contribution in [2.75, 3.05) is 6.61 Å². The van der Waals surface area contributed by atoms with Gasteiger partial charge in [-0.15, -0.1) is 0 Å². The second kappa shape index (κ2) is 1.93. The van der Waals surface area contributed by atoms with Crippen LogP contribution in [0.1, 0.15) is 6.92 Å². The highest BCUT2D eigenvalue weighted by atomic mass is 32.2. The van der Waals surface area contributed by atoms with Gasteiger partial charge in [-0.2, -0.15) is 8.42 Å². The van der Waals surface area contributed by atoms with E-state index >= 15 is 0 Å². The molecular weight excluding hydrogens is 144 g/mol. The van der Waals surface area contributed by atoms with Crippen molar-refractivity contribution < 1.29 is 17.7 Å². The van der Waals surface area contributed by atoms with E-state index in [1.165, 1.54) is 6.92 Å². The molecule has 0 radical (unpaired) electrons. The van der Waals surface area contributed by atoms with Crippen LogP contribution in [-0.2, 0) is 14.9 Å². The predicted octanol–water partition coefficient (Wildman–Crippen LogP) is -0.339. The molecule has 0 saturated carbocycles. The summed E-state index contributed by atoms with van der Waals surface area (Å²) in [5.41, 5.74) is 0. The Bertz CT molecular complexity index is 191. The van der Waals surface area contributed by atoms with Crippen LogP contribution < -0.4 is 0 Å². The number of ether oxygens (including phenoxy) is 1. The SMILES string of the molecule is CC(C1CO1)S(=O)(=O)O. The molecule has 1 fully saturated rings. The first-order chi connectivity index (χ1) is 4.02. The first-order valence-electron chi connectivity index (χ1n) is 2.59. The molecule has 9 heavy (non-hydrogen) atoms. The van der Waals surface area contributed by atoms with Crippen LogP contribution in [0.5, 0.6) is 0 Å². The quantitative estimate of drug-likeness (QED) is 0.434. The summed E-state index contributed by atoms with van der Waals surface area (Å²) >= 11 is 0. The van der Waals surface area contributed by atoms with E-state index in [-0.39, 0.29) is 6.10 Å². The zero-order chi connectivity index (χ0) is 7.07. The van der Waals surface area contributed by atoms with E-state index in [0.29, 0.717) is 6.61 Å². The van der Waals surface area contributed by atoms with E-state index in [2.05, 4.69) is 4.74 Å². The standard InChI is InChI=1S/C4H8O4S/c1-3(4-2-8-4)9(5,6)7/h3-4H,2H2,1H3,(H,5,6,7). The Labute approximate surface area is 53.6 Å². The Morgan fingerprint density at radius 1 is 1.78 bits per heavy atom. The van der Waals surface area contributed by atoms with Gasteiger partial charge in [0, 0.05) is 0 Å². The average Bonchev–Trinajstić information content (AvgIpc) is 2.40. The number of hydrogen-bond acceptors (Lipinski definition) is 3. The molecule has 1 rings (SSSR count). The highest BCUT2D eigenvalue weighted by Gasteiger charge is 2.37. The lowest BCUT2D eigenvalue weighted by Crippen LogP contribution is -2.22. The molecule has 0 aromatic carbocycles. The second-order valence-electron chi connectivity index (χ2n) is 2.09. The topological polar surface area (TPSA) is 66.9 Å². The Morgan fingerprint density at radius 3 is 2.33 bits per heavy atom. The molecule has 2 unspecified atom stereocenters. The molecule has 0 spiro atoms. The number of hydrogen-bond donors (Lipinski definition) is 1. The van der Waals surface area contributed by atoms with Gasteiger partial charge in [0.25, 0.3) is 10.1 Å². The van der Waals surface area contributed by atoms with Gasteiger partial charge in [-0.05, 0) is 6.92 Å². The summed E-state index contributed by atoms with van der Waals surface area (Å²) in [4.78, 5) is 0. The minimum atomic E-state index is -3.86. The third-order valence-electron chi connectivity index (χ3n) is 1.35. The molecule has 1 heterocycles. The highest BCUT2D eigenvalue weighted by Crippen LogP contribution is 2.18. The van der Waals surface area contributed by atoms with Crippen LogP contribution >= 0.6 is 0 Å². The molecule has 4 nitrogen and oxygen atoms in total. The number of epoxide rings is 1. The van der Waals surface area contributed by atoms with Gasteiger partial charge in [0.05, 0.1) is 12.7 Å². The van der Waals surface area contributed by atoms with Crippen LogP contribution in [-0.4, -0.2) is 30.9 Å². The maximum absolute atomic E-state index is 10.3. The minimum absolute atomic E-state index is 0.278. The van der Waals surface area contributed by atoms with Crippen LogP contribution in [0.3, 0.4) is 0 Å². The van der Waals surface area contributed by atoms with Crippen molar-refractivity contribution in [3.8, 4) is 0 Å². The molecule has 0 aliphatic carbocycles. The smallest absolute Gasteiger partial charge is 0.270 e. The van der Waals surface area contributed by atoms with Crippen molar-refractivity contribution in [3.63, 3.8) is 0 Å². The summed E-state index contributed by atoms with van der Waals surface area (Å²) in [5, 5.41) is -0.766. The normalized spacial score (nSPS) is 29.8. The van der Waals surface area contributed by atoms with E-state index in [1.54, 1.807) is 0 Å². The third kappa shape index (κ3) is 1.64. The summed E-state index contributed by atoms with van der Waals surface area (Å²) in [6.07, 6.45) is -0.278. The molecule has 1 saturated heterocycles. The predicted molar refractivity (Wildman–Crippen MR) is 30.8 cm³/mol. The van der Waals surface area contributed by atoms with Crippen molar-refractivity contribution in [3.05, 3.63) is 0 Å². The average molecular weight is 152 g/mol. The maximum atomic E-state index is 10.3. The van der Waals surface area contributed by atoms with Crippen LogP contribution in [0.4, 0.5) is 0 Å². The molecule has 0 amide bonds. The zero-order valence-electron chi connectivity index (χ0n) is 4.94. The van der Waals surface area contributed by atoms with Crippen molar-refractivity contribution in [1.29, 1.82) is 0 Å². The molecule has 2 atom stereocenters. The molecular formula is C4H8O4S. The Morgan fingerprint density at radius 2 is 2.22 bits per heavy atom. The second-order valence-corrected chi connectivity index (χ2v) is 3.87. The largest absolute Gasteiger partial charge is 0.372 e. The van der Waals surface area contributed by atoms with Gasteiger partial charge in [-0.1, -0.05) is 0 Å². The Hall–Kier alpha value is -0.130. The summed E-state index contributed by atoms with van der Waals surface area (Å²) in [5.74, 6) is 0. The summed E-state index contributed by atoms with van der Waals surface area (Å²) in [6.45, 7) is 1.87. The Kier molecular flexibility index (Phi) is 1.50. The Balaban J connectivity index is 2.61. The zero-order valence-corrected chi connectivity index (χ0v) is 5.76. The summed E-state index contributed by atoms with van der Waals surface area (Å²) in [6, 6.07) is 0. The molecule has 1 aliphatic rings. The summed E-state index contributed by atoms with van der Waals surface area (Å²) < 4.78 is 33.6. The fraction of sp³-hybridized carbons (Fsp3) is 1.00. The van der Waals surface area contributed by atoms with Crippen molar-refractivity contribution in [2.24, 2.45) is 0 Å². The maximum Gasteiger partial charge on any atom is 0.270 e. The molecule has 0 aromatic rings. The van der Waals surface area contributed by atoms with Gasteiger partial charge in [0.15, 0.2) is 0 Å². The van der Waals surface area contributed by atoms with Gasteiger partial charge >= 0.3 is 0 Å². The molecule has 0 bridgehead atoms. The monoisotopic (exact) mass is 152 g/mol. The molecule has 54 valence electrons. The molecule has 0 aromatic heterocycles. The van der Waals surface area contributed by atoms with Crippen molar-refractivity contribution in [1.82, 2.24) is 0 Å². The van der Waals surface area contributed by atoms with Gasteiger partial charge in [0.1, 0.15) is 5.25 Å². The first kappa shape index (κ1) is 6.98. The van der Waals surface area contributed by atoms with Gasteiger partial charge < -0.3 is 4.74 Å².